The zero-order chi connectivity index (χ0) is 27.0. The second-order valence-electron chi connectivity index (χ2n) is 8.86. The zero-order valence-corrected chi connectivity index (χ0v) is 20.8. The number of aromatic nitrogens is 4. The van der Waals surface area contributed by atoms with E-state index in [9.17, 15) is 18.0 Å². The number of likely N-dealkylation sites (tertiary alicyclic amines) is 1. The molecule has 0 spiro atoms. The first-order valence-electron chi connectivity index (χ1n) is 12.2. The molecule has 9 nitrogen and oxygen atoms in total. The SMILES string of the molecule is CCC(CC)NC(=O)c1ncn2c(C3CCN(Cc4cccnc4)CC3)ccnc12.O=C(O)C(F)(F)F. The monoisotopic (exact) mass is 520 g/mol. The number of pyridine rings is 1. The van der Waals surface area contributed by atoms with Gasteiger partial charge in [-0.1, -0.05) is 19.9 Å². The molecule has 12 heteroatoms. The van der Waals surface area contributed by atoms with E-state index in [1.54, 1.807) is 6.33 Å². The van der Waals surface area contributed by atoms with Gasteiger partial charge in [0.25, 0.3) is 5.91 Å². The Balaban J connectivity index is 0.000000479. The van der Waals surface area contributed by atoms with Gasteiger partial charge in [-0.2, -0.15) is 13.2 Å². The molecule has 1 saturated heterocycles. The van der Waals surface area contributed by atoms with Gasteiger partial charge in [0, 0.05) is 42.8 Å². The first-order chi connectivity index (χ1) is 17.6. The third-order valence-corrected chi connectivity index (χ3v) is 6.38. The van der Waals surface area contributed by atoms with Crippen molar-refractivity contribution in [3.8, 4) is 0 Å². The molecule has 37 heavy (non-hydrogen) atoms. The average Bonchev–Trinajstić information content (AvgIpc) is 3.33. The minimum atomic E-state index is -5.08. The molecule has 0 saturated carbocycles. The number of fused-ring (bicyclic) bond motifs is 1. The van der Waals surface area contributed by atoms with Crippen LogP contribution < -0.4 is 5.32 Å². The Kier molecular flexibility index (Phi) is 9.56. The minimum Gasteiger partial charge on any atom is -0.475 e. The predicted octanol–water partition coefficient (Wildman–Crippen LogP) is 4.06. The van der Waals surface area contributed by atoms with E-state index in [0.29, 0.717) is 17.3 Å². The molecule has 0 unspecified atom stereocenters. The second-order valence-corrected chi connectivity index (χ2v) is 8.86. The van der Waals surface area contributed by atoms with Gasteiger partial charge in [0.2, 0.25) is 0 Å². The number of imidazole rings is 1. The number of aliphatic carboxylic acids is 1. The molecule has 0 atom stereocenters. The molecule has 2 N–H and O–H groups in total. The zero-order valence-electron chi connectivity index (χ0n) is 20.8. The van der Waals surface area contributed by atoms with E-state index in [0.717, 1.165) is 45.3 Å². The van der Waals surface area contributed by atoms with Gasteiger partial charge in [0.05, 0.1) is 0 Å². The highest BCUT2D eigenvalue weighted by molar-refractivity contribution is 5.98. The van der Waals surface area contributed by atoms with E-state index < -0.39 is 12.1 Å². The molecule has 0 radical (unpaired) electrons. The summed E-state index contributed by atoms with van der Waals surface area (Å²) in [5.74, 6) is -2.46. The molecule has 1 amide bonds. The number of nitrogens with zero attached hydrogens (tertiary/aromatic N) is 5. The smallest absolute Gasteiger partial charge is 0.475 e. The number of hydrogen-bond donors (Lipinski definition) is 2. The molecule has 4 rings (SSSR count). The number of halogens is 3. The van der Waals surface area contributed by atoms with Crippen molar-refractivity contribution >= 4 is 17.5 Å². The Morgan fingerprint density at radius 2 is 1.81 bits per heavy atom. The lowest BCUT2D eigenvalue weighted by Gasteiger charge is -2.32. The van der Waals surface area contributed by atoms with Crippen LogP contribution in [0.1, 0.15) is 67.2 Å². The van der Waals surface area contributed by atoms with Gasteiger partial charge in [-0.05, 0) is 56.5 Å². The molecule has 200 valence electrons. The van der Waals surface area contributed by atoms with Crippen molar-refractivity contribution in [1.29, 1.82) is 0 Å². The summed E-state index contributed by atoms with van der Waals surface area (Å²) >= 11 is 0. The minimum absolute atomic E-state index is 0.137. The summed E-state index contributed by atoms with van der Waals surface area (Å²) in [6.07, 6.45) is 6.20. The number of piperidine rings is 1. The highest BCUT2D eigenvalue weighted by Gasteiger charge is 2.38. The van der Waals surface area contributed by atoms with Crippen molar-refractivity contribution in [2.45, 2.75) is 64.2 Å². The van der Waals surface area contributed by atoms with Gasteiger partial charge in [-0.15, -0.1) is 0 Å². The van der Waals surface area contributed by atoms with Gasteiger partial charge in [0.15, 0.2) is 11.3 Å². The van der Waals surface area contributed by atoms with Crippen LogP contribution >= 0.6 is 0 Å². The van der Waals surface area contributed by atoms with Crippen molar-refractivity contribution in [2.24, 2.45) is 0 Å². The lowest BCUT2D eigenvalue weighted by Crippen LogP contribution is -2.34. The summed E-state index contributed by atoms with van der Waals surface area (Å²) in [4.78, 5) is 37.2. The number of rotatable bonds is 7. The van der Waals surface area contributed by atoms with Crippen LogP contribution in [0.15, 0.2) is 43.1 Å². The number of carbonyl (C=O) groups excluding carboxylic acids is 1. The lowest BCUT2D eigenvalue weighted by molar-refractivity contribution is -0.192. The molecule has 4 heterocycles. The maximum atomic E-state index is 12.7. The number of nitrogens with one attached hydrogen (secondary N) is 1. The highest BCUT2D eigenvalue weighted by Crippen LogP contribution is 2.29. The van der Waals surface area contributed by atoms with Crippen LogP contribution in [0, 0.1) is 0 Å². The average molecular weight is 521 g/mol. The normalized spacial score (nSPS) is 14.9. The van der Waals surface area contributed by atoms with Gasteiger partial charge >= 0.3 is 12.1 Å². The molecule has 0 bridgehead atoms. The van der Waals surface area contributed by atoms with Crippen LogP contribution in [0.2, 0.25) is 0 Å². The molecular formula is C25H31F3N6O3. The van der Waals surface area contributed by atoms with Crippen LogP contribution in [-0.2, 0) is 11.3 Å². The van der Waals surface area contributed by atoms with E-state index in [-0.39, 0.29) is 11.9 Å². The largest absolute Gasteiger partial charge is 0.490 e. The summed E-state index contributed by atoms with van der Waals surface area (Å²) in [5.41, 5.74) is 3.51. The quantitative estimate of drug-likeness (QED) is 0.483. The van der Waals surface area contributed by atoms with Crippen LogP contribution in [0.5, 0.6) is 0 Å². The highest BCUT2D eigenvalue weighted by atomic mass is 19.4. The fourth-order valence-electron chi connectivity index (χ4n) is 4.30. The number of hydrogen-bond acceptors (Lipinski definition) is 6. The maximum Gasteiger partial charge on any atom is 0.490 e. The van der Waals surface area contributed by atoms with E-state index in [1.165, 1.54) is 11.3 Å². The molecule has 0 aromatic carbocycles. The van der Waals surface area contributed by atoms with Crippen molar-refractivity contribution in [2.75, 3.05) is 13.1 Å². The maximum absolute atomic E-state index is 12.7. The first-order valence-corrected chi connectivity index (χ1v) is 12.2. The summed E-state index contributed by atoms with van der Waals surface area (Å²) in [5, 5.41) is 10.2. The first kappa shape index (κ1) is 28.0. The van der Waals surface area contributed by atoms with Crippen LogP contribution in [0.25, 0.3) is 5.65 Å². The number of alkyl halides is 3. The van der Waals surface area contributed by atoms with Crippen molar-refractivity contribution in [3.05, 3.63) is 60.1 Å². The topological polar surface area (TPSA) is 113 Å². The third-order valence-electron chi connectivity index (χ3n) is 6.38. The molecule has 1 aliphatic rings. The van der Waals surface area contributed by atoms with Gasteiger partial charge < -0.3 is 10.4 Å². The Labute approximate surface area is 212 Å². The summed E-state index contributed by atoms with van der Waals surface area (Å²) < 4.78 is 33.7. The summed E-state index contributed by atoms with van der Waals surface area (Å²) in [6.45, 7) is 7.19. The van der Waals surface area contributed by atoms with E-state index >= 15 is 0 Å². The Hall–Kier alpha value is -3.54. The van der Waals surface area contributed by atoms with E-state index in [4.69, 9.17) is 9.90 Å². The Morgan fingerprint density at radius 1 is 1.14 bits per heavy atom. The fraction of sp³-hybridized carbons (Fsp3) is 0.480. The molecule has 0 aliphatic carbocycles. The van der Waals surface area contributed by atoms with Crippen LogP contribution in [-0.4, -0.2) is 66.5 Å². The van der Waals surface area contributed by atoms with Gasteiger partial charge in [0.1, 0.15) is 6.33 Å². The molecule has 1 aliphatic heterocycles. The van der Waals surface area contributed by atoms with Gasteiger partial charge in [-0.3, -0.25) is 19.1 Å². The Bertz CT molecular complexity index is 1170. The van der Waals surface area contributed by atoms with Crippen LogP contribution in [0.3, 0.4) is 0 Å². The molecule has 1 fully saturated rings. The van der Waals surface area contributed by atoms with Crippen molar-refractivity contribution in [1.82, 2.24) is 29.6 Å². The predicted molar refractivity (Wildman–Crippen MR) is 130 cm³/mol. The van der Waals surface area contributed by atoms with Crippen LogP contribution in [0.4, 0.5) is 13.2 Å². The fourth-order valence-corrected chi connectivity index (χ4v) is 4.30. The van der Waals surface area contributed by atoms with Crippen molar-refractivity contribution in [3.63, 3.8) is 0 Å². The van der Waals surface area contributed by atoms with E-state index in [2.05, 4.69) is 51.1 Å². The molecular weight excluding hydrogens is 489 g/mol. The van der Waals surface area contributed by atoms with Gasteiger partial charge in [-0.25, -0.2) is 14.8 Å². The standard InChI is InChI=1S/C23H30N6O.C2HF3O2/c1-3-19(4-2)27-23(30)21-22-25-11-7-20(29(22)16-26-21)18-8-12-28(13-9-18)15-17-6-5-10-24-14-17;3-2(4,5)1(6)7/h5-7,10-11,14,16,18-19H,3-4,8-9,12-13,15H2,1-2H3,(H,27,30);(H,6,7). The van der Waals surface area contributed by atoms with E-state index in [1.807, 2.05) is 29.1 Å². The molecule has 3 aromatic rings. The number of carbonyl (C=O) groups is 2. The number of carboxylic acid groups (broad SMARTS) is 1. The van der Waals surface area contributed by atoms with Crippen molar-refractivity contribution < 1.29 is 27.9 Å². The molecule has 3 aromatic heterocycles. The Morgan fingerprint density at radius 3 is 2.38 bits per heavy atom. The number of carboxylic acids is 1. The lowest BCUT2D eigenvalue weighted by atomic mass is 9.93. The summed E-state index contributed by atoms with van der Waals surface area (Å²) in [6, 6.07) is 6.36. The third kappa shape index (κ3) is 7.48. The number of amides is 1. The summed E-state index contributed by atoms with van der Waals surface area (Å²) in [7, 11) is 0. The second kappa shape index (κ2) is 12.6.